The van der Waals surface area contributed by atoms with Gasteiger partial charge in [0.15, 0.2) is 0 Å². The van der Waals surface area contributed by atoms with Crippen molar-refractivity contribution in [1.29, 1.82) is 0 Å². The van der Waals surface area contributed by atoms with E-state index in [0.717, 1.165) is 44.0 Å². The molecule has 1 N–H and O–H groups in total. The van der Waals surface area contributed by atoms with Crippen LogP contribution in [0.15, 0.2) is 30.3 Å². The fourth-order valence-corrected chi connectivity index (χ4v) is 3.54. The highest BCUT2D eigenvalue weighted by molar-refractivity contribution is 5.85. The number of piperidine rings is 1. The first-order chi connectivity index (χ1) is 11.7. The van der Waals surface area contributed by atoms with Crippen LogP contribution in [0, 0.1) is 5.92 Å². The second-order valence-corrected chi connectivity index (χ2v) is 7.34. The summed E-state index contributed by atoms with van der Waals surface area (Å²) in [6.07, 6.45) is 4.95. The van der Waals surface area contributed by atoms with Crippen LogP contribution in [-0.4, -0.2) is 55.0 Å². The number of amides is 1. The molecule has 148 valence electrons. The molecule has 1 atom stereocenters. The van der Waals surface area contributed by atoms with Crippen molar-refractivity contribution in [2.45, 2.75) is 44.7 Å². The van der Waals surface area contributed by atoms with Crippen LogP contribution in [0.5, 0.6) is 0 Å². The van der Waals surface area contributed by atoms with Gasteiger partial charge in [-0.1, -0.05) is 37.3 Å². The molecule has 1 aliphatic carbocycles. The second-order valence-electron chi connectivity index (χ2n) is 7.34. The summed E-state index contributed by atoms with van der Waals surface area (Å²) in [7, 11) is 2.04. The van der Waals surface area contributed by atoms with Crippen molar-refractivity contribution in [3.8, 4) is 0 Å². The predicted molar refractivity (Wildman–Crippen MR) is 112 cm³/mol. The first-order valence-electron chi connectivity index (χ1n) is 9.46. The minimum Gasteiger partial charge on any atom is -0.341 e. The minimum absolute atomic E-state index is 0. The van der Waals surface area contributed by atoms with Crippen molar-refractivity contribution in [1.82, 2.24) is 15.1 Å². The van der Waals surface area contributed by atoms with E-state index in [1.54, 1.807) is 0 Å². The standard InChI is InChI=1S/C20H31N3O.2ClH/c1-3-22(2)19(17-7-5-4-6-8-17)20(24)23-13-11-18(12-14-23)21-15-16-9-10-16;;/h4-8,16,18-19,21H,3,9-15H2,1-2H3;2*1H. The lowest BCUT2D eigenvalue weighted by atomic mass is 10.0. The molecule has 3 rings (SSSR count). The summed E-state index contributed by atoms with van der Waals surface area (Å²) in [6.45, 7) is 5.90. The van der Waals surface area contributed by atoms with Gasteiger partial charge in [0.1, 0.15) is 6.04 Å². The van der Waals surface area contributed by atoms with Crippen LogP contribution in [0.3, 0.4) is 0 Å². The van der Waals surface area contributed by atoms with Gasteiger partial charge in [0.25, 0.3) is 0 Å². The summed E-state index contributed by atoms with van der Waals surface area (Å²) < 4.78 is 0. The Morgan fingerprint density at radius 3 is 2.31 bits per heavy atom. The monoisotopic (exact) mass is 401 g/mol. The Kier molecular flexibility index (Phi) is 9.94. The van der Waals surface area contributed by atoms with E-state index < -0.39 is 0 Å². The number of nitrogens with one attached hydrogen (secondary N) is 1. The lowest BCUT2D eigenvalue weighted by molar-refractivity contribution is -0.138. The molecule has 6 heteroatoms. The van der Waals surface area contributed by atoms with Gasteiger partial charge in [-0.2, -0.15) is 0 Å². The van der Waals surface area contributed by atoms with E-state index in [4.69, 9.17) is 0 Å². The molecule has 1 unspecified atom stereocenters. The van der Waals surface area contributed by atoms with E-state index in [1.165, 1.54) is 19.4 Å². The Balaban J connectivity index is 0.00000169. The lowest BCUT2D eigenvalue weighted by Crippen LogP contribution is -2.48. The zero-order valence-corrected chi connectivity index (χ0v) is 17.5. The third kappa shape index (κ3) is 6.12. The van der Waals surface area contributed by atoms with Gasteiger partial charge in [0.05, 0.1) is 0 Å². The Labute approximate surface area is 170 Å². The van der Waals surface area contributed by atoms with Crippen molar-refractivity contribution in [3.05, 3.63) is 35.9 Å². The summed E-state index contributed by atoms with van der Waals surface area (Å²) >= 11 is 0. The van der Waals surface area contributed by atoms with Gasteiger partial charge < -0.3 is 10.2 Å². The highest BCUT2D eigenvalue weighted by atomic mass is 35.5. The summed E-state index contributed by atoms with van der Waals surface area (Å²) in [5.41, 5.74) is 1.10. The van der Waals surface area contributed by atoms with E-state index in [-0.39, 0.29) is 36.8 Å². The highest BCUT2D eigenvalue weighted by Gasteiger charge is 2.31. The summed E-state index contributed by atoms with van der Waals surface area (Å²) in [4.78, 5) is 17.4. The highest BCUT2D eigenvalue weighted by Crippen LogP contribution is 2.28. The number of carbonyl (C=O) groups excluding carboxylic acids is 1. The topological polar surface area (TPSA) is 35.6 Å². The number of likely N-dealkylation sites (N-methyl/N-ethyl adjacent to an activating group) is 1. The molecule has 1 amide bonds. The van der Waals surface area contributed by atoms with E-state index in [0.29, 0.717) is 6.04 Å². The maximum absolute atomic E-state index is 13.1. The third-order valence-electron chi connectivity index (χ3n) is 5.49. The van der Waals surface area contributed by atoms with Crippen molar-refractivity contribution < 1.29 is 4.79 Å². The molecule has 1 aromatic rings. The molecule has 0 bridgehead atoms. The molecule has 1 saturated heterocycles. The first-order valence-corrected chi connectivity index (χ1v) is 9.46. The maximum Gasteiger partial charge on any atom is 0.244 e. The molecule has 2 fully saturated rings. The van der Waals surface area contributed by atoms with E-state index in [9.17, 15) is 4.79 Å². The van der Waals surface area contributed by atoms with Gasteiger partial charge in [-0.25, -0.2) is 0 Å². The predicted octanol–water partition coefficient (Wildman–Crippen LogP) is 3.51. The maximum atomic E-state index is 13.1. The van der Waals surface area contributed by atoms with Gasteiger partial charge in [-0.3, -0.25) is 9.69 Å². The number of carbonyl (C=O) groups is 1. The van der Waals surface area contributed by atoms with Gasteiger partial charge in [-0.15, -0.1) is 24.8 Å². The fraction of sp³-hybridized carbons (Fsp3) is 0.650. The molecular weight excluding hydrogens is 369 g/mol. The zero-order valence-electron chi connectivity index (χ0n) is 15.9. The second kappa shape index (κ2) is 11.1. The van der Waals surface area contributed by atoms with Crippen LogP contribution in [0.1, 0.15) is 44.2 Å². The first kappa shape index (κ1) is 23.2. The summed E-state index contributed by atoms with van der Waals surface area (Å²) in [5, 5.41) is 3.69. The lowest BCUT2D eigenvalue weighted by Gasteiger charge is -2.37. The molecular formula is C20H33Cl2N3O. The van der Waals surface area contributed by atoms with Crippen LogP contribution in [0.4, 0.5) is 0 Å². The molecule has 0 spiro atoms. The van der Waals surface area contributed by atoms with Crippen LogP contribution in [-0.2, 0) is 4.79 Å². The van der Waals surface area contributed by atoms with Crippen molar-refractivity contribution >= 4 is 30.7 Å². The van der Waals surface area contributed by atoms with Crippen LogP contribution >= 0.6 is 24.8 Å². The fourth-order valence-electron chi connectivity index (χ4n) is 3.54. The Hall–Kier alpha value is -0.810. The van der Waals surface area contributed by atoms with Crippen LogP contribution in [0.2, 0.25) is 0 Å². The van der Waals surface area contributed by atoms with Gasteiger partial charge in [-0.05, 0) is 57.3 Å². The Morgan fingerprint density at radius 2 is 1.77 bits per heavy atom. The van der Waals surface area contributed by atoms with Crippen LogP contribution < -0.4 is 5.32 Å². The number of hydrogen-bond donors (Lipinski definition) is 1. The molecule has 1 aromatic carbocycles. The molecule has 4 nitrogen and oxygen atoms in total. The van der Waals surface area contributed by atoms with E-state index in [2.05, 4.69) is 34.2 Å². The van der Waals surface area contributed by atoms with E-state index >= 15 is 0 Å². The average molecular weight is 402 g/mol. The SMILES string of the molecule is CCN(C)C(C(=O)N1CCC(NCC2CC2)CC1)c1ccccc1.Cl.Cl. The molecule has 2 aliphatic rings. The summed E-state index contributed by atoms with van der Waals surface area (Å²) in [5.74, 6) is 1.18. The third-order valence-corrected chi connectivity index (χ3v) is 5.49. The normalized spacial score (nSPS) is 18.8. The van der Waals surface area contributed by atoms with Gasteiger partial charge >= 0.3 is 0 Å². The number of rotatable bonds is 7. The van der Waals surface area contributed by atoms with E-state index in [1.807, 2.05) is 25.2 Å². The van der Waals surface area contributed by atoms with Crippen LogP contribution in [0.25, 0.3) is 0 Å². The molecule has 1 heterocycles. The van der Waals surface area contributed by atoms with Crippen molar-refractivity contribution in [3.63, 3.8) is 0 Å². The molecule has 1 saturated carbocycles. The molecule has 1 aliphatic heterocycles. The number of likely N-dealkylation sites (tertiary alicyclic amines) is 1. The van der Waals surface area contributed by atoms with Gasteiger partial charge in [0, 0.05) is 19.1 Å². The smallest absolute Gasteiger partial charge is 0.244 e. The molecule has 0 aromatic heterocycles. The molecule has 26 heavy (non-hydrogen) atoms. The minimum atomic E-state index is -0.160. The zero-order chi connectivity index (χ0) is 16.9. The Bertz CT molecular complexity index is 531. The Morgan fingerprint density at radius 1 is 1.15 bits per heavy atom. The quantitative estimate of drug-likeness (QED) is 0.758. The summed E-state index contributed by atoms with van der Waals surface area (Å²) in [6, 6.07) is 10.6. The number of nitrogens with zero attached hydrogens (tertiary/aromatic N) is 2. The average Bonchev–Trinajstić information content (AvgIpc) is 3.45. The van der Waals surface area contributed by atoms with Crippen molar-refractivity contribution in [2.24, 2.45) is 5.92 Å². The number of halogens is 2. The number of benzene rings is 1. The largest absolute Gasteiger partial charge is 0.341 e. The number of hydrogen-bond acceptors (Lipinski definition) is 3. The van der Waals surface area contributed by atoms with Gasteiger partial charge in [0.2, 0.25) is 5.91 Å². The molecule has 0 radical (unpaired) electrons. The van der Waals surface area contributed by atoms with Crippen molar-refractivity contribution in [2.75, 3.05) is 33.2 Å².